The van der Waals surface area contributed by atoms with Crippen LogP contribution in [-0.4, -0.2) is 20.0 Å². The summed E-state index contributed by atoms with van der Waals surface area (Å²) >= 11 is 0. The van der Waals surface area contributed by atoms with Gasteiger partial charge in [0.05, 0.1) is 5.71 Å². The van der Waals surface area contributed by atoms with E-state index in [9.17, 15) is 8.42 Å². The molecule has 1 aliphatic heterocycles. The van der Waals surface area contributed by atoms with Gasteiger partial charge in [-0.1, -0.05) is 48.5 Å². The molecule has 0 saturated carbocycles. The summed E-state index contributed by atoms with van der Waals surface area (Å²) in [5.74, 6) is 0.246. The van der Waals surface area contributed by atoms with Crippen molar-refractivity contribution in [2.24, 2.45) is 9.50 Å². The molecule has 124 valence electrons. The fraction of sp³-hybridized carbons (Fsp3) is 0.0526. The predicted octanol–water partition coefficient (Wildman–Crippen LogP) is 3.30. The summed E-state index contributed by atoms with van der Waals surface area (Å²) in [5, 5.41) is 6.60. The minimum absolute atomic E-state index is 0.205. The normalized spacial score (nSPS) is 15.7. The number of hydrogen-bond acceptors (Lipinski definition) is 4. The molecule has 3 aromatic rings. The predicted molar refractivity (Wildman–Crippen MR) is 99.5 cm³/mol. The summed E-state index contributed by atoms with van der Waals surface area (Å²) in [4.78, 5) is 0.205. The van der Waals surface area contributed by atoms with Crippen LogP contribution in [0.25, 0.3) is 10.8 Å². The molecule has 0 aliphatic carbocycles. The van der Waals surface area contributed by atoms with Crippen LogP contribution in [0.4, 0.5) is 0 Å². The van der Waals surface area contributed by atoms with Gasteiger partial charge in [0.2, 0.25) is 0 Å². The molecular weight excluding hydrogens is 334 g/mol. The maximum Gasteiger partial charge on any atom is 0.285 e. The van der Waals surface area contributed by atoms with E-state index in [4.69, 9.17) is 0 Å². The molecule has 1 N–H and O–H groups in total. The minimum Gasteiger partial charge on any atom is -0.260 e. The molecule has 0 bridgehead atoms. The molecule has 1 aliphatic rings. The molecule has 1 heterocycles. The van der Waals surface area contributed by atoms with Crippen LogP contribution in [0.5, 0.6) is 0 Å². The van der Waals surface area contributed by atoms with E-state index >= 15 is 0 Å². The van der Waals surface area contributed by atoms with Gasteiger partial charge in [-0.3, -0.25) is 5.43 Å². The van der Waals surface area contributed by atoms with E-state index in [2.05, 4.69) is 27.1 Å². The highest BCUT2D eigenvalue weighted by Gasteiger charge is 2.28. The second kappa shape index (κ2) is 5.82. The van der Waals surface area contributed by atoms with Crippen molar-refractivity contribution in [3.05, 3.63) is 77.9 Å². The highest BCUT2D eigenvalue weighted by Crippen LogP contribution is 2.24. The lowest BCUT2D eigenvalue weighted by molar-refractivity contribution is 0.599. The second-order valence-corrected chi connectivity index (χ2v) is 7.35. The molecule has 0 atom stereocenters. The van der Waals surface area contributed by atoms with Crippen molar-refractivity contribution in [1.82, 2.24) is 5.43 Å². The molecule has 0 amide bonds. The average Bonchev–Trinajstić information content (AvgIpc) is 2.90. The standard InChI is InChI=1S/C19H15N3O2S/c1-13(15-11-10-14-6-2-3-7-16(14)12-15)20-21-19-17-8-4-5-9-18(17)25(23,24)22-19/h2-12H,1H3,(H,21,22)/b20-13+. The maximum atomic E-state index is 12.0. The van der Waals surface area contributed by atoms with Crippen LogP contribution in [0.2, 0.25) is 0 Å². The van der Waals surface area contributed by atoms with Gasteiger partial charge in [-0.25, -0.2) is 0 Å². The van der Waals surface area contributed by atoms with Crippen molar-refractivity contribution < 1.29 is 8.42 Å². The summed E-state index contributed by atoms with van der Waals surface area (Å²) < 4.78 is 27.9. The van der Waals surface area contributed by atoms with E-state index in [1.165, 1.54) is 0 Å². The number of benzene rings is 3. The minimum atomic E-state index is -3.64. The third-order valence-corrected chi connectivity index (χ3v) is 5.46. The van der Waals surface area contributed by atoms with Crippen molar-refractivity contribution in [2.45, 2.75) is 11.8 Å². The summed E-state index contributed by atoms with van der Waals surface area (Å²) in [5.41, 5.74) is 5.04. The van der Waals surface area contributed by atoms with Crippen LogP contribution < -0.4 is 5.43 Å². The van der Waals surface area contributed by atoms with E-state index in [0.29, 0.717) is 5.56 Å². The first-order valence-electron chi connectivity index (χ1n) is 7.78. The highest BCUT2D eigenvalue weighted by atomic mass is 32.2. The van der Waals surface area contributed by atoms with Crippen LogP contribution in [-0.2, 0) is 10.0 Å². The molecule has 0 aromatic heterocycles. The number of nitrogens with zero attached hydrogens (tertiary/aromatic N) is 2. The molecule has 0 saturated heterocycles. The third kappa shape index (κ3) is 2.81. The number of hydrogen-bond donors (Lipinski definition) is 1. The number of fused-ring (bicyclic) bond motifs is 2. The molecule has 25 heavy (non-hydrogen) atoms. The van der Waals surface area contributed by atoms with Crippen LogP contribution in [0.15, 0.2) is 81.1 Å². The number of nitrogens with one attached hydrogen (secondary N) is 1. The molecule has 0 fully saturated rings. The van der Waals surface area contributed by atoms with Gasteiger partial charge in [0.25, 0.3) is 10.0 Å². The van der Waals surface area contributed by atoms with Gasteiger partial charge in [0, 0.05) is 5.56 Å². The molecule has 5 nitrogen and oxygen atoms in total. The fourth-order valence-corrected chi connectivity index (χ4v) is 3.97. The summed E-state index contributed by atoms with van der Waals surface area (Å²) in [6.45, 7) is 1.87. The van der Waals surface area contributed by atoms with E-state index < -0.39 is 10.0 Å². The number of hydrazone groups is 1. The Hall–Kier alpha value is -2.99. The Morgan fingerprint density at radius 2 is 1.68 bits per heavy atom. The van der Waals surface area contributed by atoms with Crippen molar-refractivity contribution >= 4 is 32.3 Å². The van der Waals surface area contributed by atoms with Crippen LogP contribution in [0.1, 0.15) is 18.1 Å². The Labute approximate surface area is 145 Å². The molecule has 3 aromatic carbocycles. The first kappa shape index (κ1) is 15.5. The van der Waals surface area contributed by atoms with Gasteiger partial charge < -0.3 is 0 Å². The van der Waals surface area contributed by atoms with Crippen molar-refractivity contribution in [2.75, 3.05) is 0 Å². The average molecular weight is 349 g/mol. The van der Waals surface area contributed by atoms with Crippen LogP contribution in [0, 0.1) is 0 Å². The van der Waals surface area contributed by atoms with Crippen LogP contribution in [0.3, 0.4) is 0 Å². The lowest BCUT2D eigenvalue weighted by Crippen LogP contribution is -2.19. The van der Waals surface area contributed by atoms with E-state index in [0.717, 1.165) is 22.0 Å². The van der Waals surface area contributed by atoms with Crippen molar-refractivity contribution in [3.63, 3.8) is 0 Å². The first-order chi connectivity index (χ1) is 12.0. The van der Waals surface area contributed by atoms with Gasteiger partial charge in [-0.2, -0.15) is 13.5 Å². The smallest absolute Gasteiger partial charge is 0.260 e. The largest absolute Gasteiger partial charge is 0.285 e. The first-order valence-corrected chi connectivity index (χ1v) is 9.22. The van der Waals surface area contributed by atoms with E-state index in [1.54, 1.807) is 24.3 Å². The molecule has 0 radical (unpaired) electrons. The summed E-state index contributed by atoms with van der Waals surface area (Å²) in [7, 11) is -3.64. The number of amidine groups is 1. The van der Waals surface area contributed by atoms with Gasteiger partial charge in [-0.05, 0) is 41.5 Å². The van der Waals surface area contributed by atoms with Gasteiger partial charge in [0.15, 0.2) is 5.84 Å². The molecule has 0 spiro atoms. The molecule has 4 rings (SSSR count). The summed E-state index contributed by atoms with van der Waals surface area (Å²) in [6, 6.07) is 20.9. The van der Waals surface area contributed by atoms with E-state index in [1.807, 2.05) is 37.3 Å². The quantitative estimate of drug-likeness (QED) is 0.570. The summed E-state index contributed by atoms with van der Waals surface area (Å²) in [6.07, 6.45) is 0. The topological polar surface area (TPSA) is 70.9 Å². The highest BCUT2D eigenvalue weighted by molar-refractivity contribution is 7.90. The zero-order valence-corrected chi connectivity index (χ0v) is 14.3. The Morgan fingerprint density at radius 3 is 2.52 bits per heavy atom. The molecular formula is C19H15N3O2S. The van der Waals surface area contributed by atoms with Crippen molar-refractivity contribution in [3.8, 4) is 0 Å². The monoisotopic (exact) mass is 349 g/mol. The Balaban J connectivity index is 1.65. The maximum absolute atomic E-state index is 12.0. The van der Waals surface area contributed by atoms with Gasteiger partial charge >= 0.3 is 0 Å². The number of sulfonamides is 1. The lowest BCUT2D eigenvalue weighted by atomic mass is 10.0. The zero-order chi connectivity index (χ0) is 17.4. The lowest BCUT2D eigenvalue weighted by Gasteiger charge is -2.05. The van der Waals surface area contributed by atoms with E-state index in [-0.39, 0.29) is 10.7 Å². The third-order valence-electron chi connectivity index (χ3n) is 4.13. The van der Waals surface area contributed by atoms with Gasteiger partial charge in [0.1, 0.15) is 4.90 Å². The second-order valence-electron chi connectivity index (χ2n) is 5.78. The van der Waals surface area contributed by atoms with Crippen molar-refractivity contribution in [1.29, 1.82) is 0 Å². The Bertz CT molecular complexity index is 1150. The van der Waals surface area contributed by atoms with Gasteiger partial charge in [-0.15, -0.1) is 4.40 Å². The SMILES string of the molecule is C/C(=N\NC1=NS(=O)(=O)c2ccccc21)c1ccc2ccccc2c1. The van der Waals surface area contributed by atoms with Crippen LogP contribution >= 0.6 is 0 Å². The Kier molecular flexibility index (Phi) is 3.62. The number of rotatable bonds is 2. The molecule has 6 heteroatoms. The Morgan fingerprint density at radius 1 is 0.960 bits per heavy atom. The zero-order valence-electron chi connectivity index (χ0n) is 13.5. The fourth-order valence-electron chi connectivity index (χ4n) is 2.80. The molecule has 0 unspecified atom stereocenters.